The molecular formula is C17H19IN2. The van der Waals surface area contributed by atoms with Gasteiger partial charge in [0.25, 0.3) is 0 Å². The summed E-state index contributed by atoms with van der Waals surface area (Å²) in [7, 11) is 0. The normalized spacial score (nSPS) is 23.1. The predicted octanol–water partition coefficient (Wildman–Crippen LogP) is 3.22. The van der Waals surface area contributed by atoms with Gasteiger partial charge in [-0.1, -0.05) is 42.5 Å². The van der Waals surface area contributed by atoms with Crippen molar-refractivity contribution in [2.45, 2.75) is 18.5 Å². The lowest BCUT2D eigenvalue weighted by atomic mass is 9.95. The second-order valence-electron chi connectivity index (χ2n) is 5.50. The molecule has 3 rings (SSSR count). The van der Waals surface area contributed by atoms with E-state index in [4.69, 9.17) is 5.73 Å². The molecule has 0 bridgehead atoms. The highest BCUT2D eigenvalue weighted by atomic mass is 127. The van der Waals surface area contributed by atoms with Crippen molar-refractivity contribution in [3.63, 3.8) is 0 Å². The largest absolute Gasteiger partial charge is 0.326 e. The molecular weight excluding hydrogens is 359 g/mol. The first-order valence-electron chi connectivity index (χ1n) is 7.00. The van der Waals surface area contributed by atoms with Crippen LogP contribution in [0.2, 0.25) is 0 Å². The van der Waals surface area contributed by atoms with Gasteiger partial charge in [0.2, 0.25) is 0 Å². The summed E-state index contributed by atoms with van der Waals surface area (Å²) in [6, 6.07) is 19.6. The molecule has 20 heavy (non-hydrogen) atoms. The molecule has 1 aliphatic rings. The van der Waals surface area contributed by atoms with Crippen LogP contribution in [-0.2, 0) is 6.54 Å². The van der Waals surface area contributed by atoms with Crippen LogP contribution in [-0.4, -0.2) is 24.0 Å². The second kappa shape index (κ2) is 6.24. The second-order valence-corrected chi connectivity index (χ2v) is 6.75. The van der Waals surface area contributed by atoms with E-state index in [-0.39, 0.29) is 6.04 Å². The minimum Gasteiger partial charge on any atom is -0.326 e. The van der Waals surface area contributed by atoms with Crippen LogP contribution in [0.5, 0.6) is 0 Å². The molecule has 0 aliphatic carbocycles. The maximum atomic E-state index is 6.35. The molecule has 1 fully saturated rings. The molecule has 2 aromatic carbocycles. The molecule has 2 N–H and O–H groups in total. The molecule has 104 valence electrons. The lowest BCUT2D eigenvalue weighted by Gasteiger charge is -2.16. The van der Waals surface area contributed by atoms with Crippen LogP contribution in [0.25, 0.3) is 0 Å². The van der Waals surface area contributed by atoms with Gasteiger partial charge < -0.3 is 5.73 Å². The van der Waals surface area contributed by atoms with Gasteiger partial charge in [0.05, 0.1) is 0 Å². The van der Waals surface area contributed by atoms with Gasteiger partial charge in [0.15, 0.2) is 0 Å². The minimum atomic E-state index is 0.235. The Morgan fingerprint density at radius 2 is 1.70 bits per heavy atom. The average molecular weight is 378 g/mol. The van der Waals surface area contributed by atoms with E-state index < -0.39 is 0 Å². The molecule has 2 atom stereocenters. The Morgan fingerprint density at radius 1 is 1.00 bits per heavy atom. The molecule has 1 aliphatic heterocycles. The zero-order chi connectivity index (χ0) is 13.9. The van der Waals surface area contributed by atoms with Crippen molar-refractivity contribution >= 4 is 22.6 Å². The lowest BCUT2D eigenvalue weighted by molar-refractivity contribution is 0.324. The van der Waals surface area contributed by atoms with E-state index in [0.29, 0.717) is 5.92 Å². The number of benzene rings is 2. The van der Waals surface area contributed by atoms with E-state index in [1.54, 1.807) is 0 Å². The number of nitrogens with zero attached hydrogens (tertiary/aromatic N) is 1. The Bertz CT molecular complexity index is 553. The van der Waals surface area contributed by atoms with E-state index in [2.05, 4.69) is 82.1 Å². The van der Waals surface area contributed by atoms with E-state index in [1.807, 2.05) is 0 Å². The first-order chi connectivity index (χ1) is 9.72. The molecule has 0 radical (unpaired) electrons. The molecule has 0 aromatic heterocycles. The Morgan fingerprint density at radius 3 is 2.40 bits per heavy atom. The fourth-order valence-corrected chi connectivity index (χ4v) is 3.31. The van der Waals surface area contributed by atoms with Gasteiger partial charge in [-0.15, -0.1) is 0 Å². The zero-order valence-electron chi connectivity index (χ0n) is 11.4. The van der Waals surface area contributed by atoms with Crippen molar-refractivity contribution < 1.29 is 0 Å². The maximum Gasteiger partial charge on any atom is 0.0250 e. The number of hydrogen-bond acceptors (Lipinski definition) is 2. The molecule has 0 spiro atoms. The highest BCUT2D eigenvalue weighted by molar-refractivity contribution is 14.1. The first kappa shape index (κ1) is 14.0. The summed E-state index contributed by atoms with van der Waals surface area (Å²) in [5.41, 5.74) is 9.08. The van der Waals surface area contributed by atoms with Crippen LogP contribution < -0.4 is 5.73 Å². The van der Waals surface area contributed by atoms with Gasteiger partial charge >= 0.3 is 0 Å². The molecule has 2 aromatic rings. The quantitative estimate of drug-likeness (QED) is 0.832. The summed E-state index contributed by atoms with van der Waals surface area (Å²) in [4.78, 5) is 2.46. The highest BCUT2D eigenvalue weighted by Gasteiger charge is 2.30. The molecule has 0 amide bonds. The van der Waals surface area contributed by atoms with Gasteiger partial charge in [0, 0.05) is 35.2 Å². The standard InChI is InChI=1S/C17H19IN2/c18-15-8-6-14(7-9-15)16-11-20(12-17(16)19)10-13-4-2-1-3-5-13/h1-9,16-17H,10-12,19H2/t16-,17+/m1/s1. The summed E-state index contributed by atoms with van der Waals surface area (Å²) in [5, 5.41) is 0. The molecule has 3 heteroatoms. The van der Waals surface area contributed by atoms with Crippen molar-refractivity contribution in [2.75, 3.05) is 13.1 Å². The monoisotopic (exact) mass is 378 g/mol. The number of likely N-dealkylation sites (tertiary alicyclic amines) is 1. The van der Waals surface area contributed by atoms with E-state index >= 15 is 0 Å². The summed E-state index contributed by atoms with van der Waals surface area (Å²) in [6.45, 7) is 3.03. The van der Waals surface area contributed by atoms with Crippen LogP contribution >= 0.6 is 22.6 Å². The SMILES string of the molecule is N[C@H]1CN(Cc2ccccc2)C[C@@H]1c1ccc(I)cc1. The highest BCUT2D eigenvalue weighted by Crippen LogP contribution is 2.27. The van der Waals surface area contributed by atoms with E-state index in [1.165, 1.54) is 14.7 Å². The molecule has 0 saturated carbocycles. The predicted molar refractivity (Wildman–Crippen MR) is 91.6 cm³/mol. The number of halogens is 1. The number of rotatable bonds is 3. The Kier molecular flexibility index (Phi) is 4.38. The number of nitrogens with two attached hydrogens (primary N) is 1. The third kappa shape index (κ3) is 3.22. The van der Waals surface area contributed by atoms with Crippen LogP contribution in [0.3, 0.4) is 0 Å². The van der Waals surface area contributed by atoms with Crippen molar-refractivity contribution in [1.29, 1.82) is 0 Å². The van der Waals surface area contributed by atoms with Crippen molar-refractivity contribution in [3.8, 4) is 0 Å². The van der Waals surface area contributed by atoms with E-state index in [9.17, 15) is 0 Å². The van der Waals surface area contributed by atoms with Crippen molar-refractivity contribution in [2.24, 2.45) is 5.73 Å². The summed E-state index contributed by atoms with van der Waals surface area (Å²) in [5.74, 6) is 0.454. The first-order valence-corrected chi connectivity index (χ1v) is 8.07. The third-order valence-corrected chi connectivity index (χ3v) is 4.71. The van der Waals surface area contributed by atoms with Gasteiger partial charge in [-0.3, -0.25) is 4.90 Å². The number of hydrogen-bond donors (Lipinski definition) is 1. The fourth-order valence-electron chi connectivity index (χ4n) is 2.95. The molecule has 1 heterocycles. The summed E-state index contributed by atoms with van der Waals surface area (Å²) >= 11 is 2.34. The molecule has 0 unspecified atom stereocenters. The van der Waals surface area contributed by atoms with E-state index in [0.717, 1.165) is 19.6 Å². The lowest BCUT2D eigenvalue weighted by Crippen LogP contribution is -2.28. The zero-order valence-corrected chi connectivity index (χ0v) is 13.5. The van der Waals surface area contributed by atoms with Crippen LogP contribution in [0.15, 0.2) is 54.6 Å². The van der Waals surface area contributed by atoms with Crippen molar-refractivity contribution in [3.05, 3.63) is 69.3 Å². The fraction of sp³-hybridized carbons (Fsp3) is 0.294. The minimum absolute atomic E-state index is 0.235. The van der Waals surface area contributed by atoms with Crippen LogP contribution in [0.4, 0.5) is 0 Å². The summed E-state index contributed by atoms with van der Waals surface area (Å²) in [6.07, 6.45) is 0. The van der Waals surface area contributed by atoms with Gasteiger partial charge in [-0.25, -0.2) is 0 Å². The molecule has 2 nitrogen and oxygen atoms in total. The summed E-state index contributed by atoms with van der Waals surface area (Å²) < 4.78 is 1.28. The third-order valence-electron chi connectivity index (χ3n) is 3.99. The Balaban J connectivity index is 1.69. The van der Waals surface area contributed by atoms with Crippen LogP contribution in [0, 0.1) is 3.57 Å². The Hall–Kier alpha value is -0.910. The maximum absolute atomic E-state index is 6.35. The van der Waals surface area contributed by atoms with Gasteiger partial charge in [-0.05, 0) is 45.9 Å². The topological polar surface area (TPSA) is 29.3 Å². The van der Waals surface area contributed by atoms with Crippen molar-refractivity contribution in [1.82, 2.24) is 4.90 Å². The molecule has 1 saturated heterocycles. The average Bonchev–Trinajstić information content (AvgIpc) is 2.81. The van der Waals surface area contributed by atoms with Gasteiger partial charge in [-0.2, -0.15) is 0 Å². The smallest absolute Gasteiger partial charge is 0.0250 e. The van der Waals surface area contributed by atoms with Gasteiger partial charge in [0.1, 0.15) is 0 Å². The van der Waals surface area contributed by atoms with Crippen LogP contribution in [0.1, 0.15) is 17.0 Å². The Labute approximate surface area is 134 Å².